The monoisotopic (exact) mass is 503 g/mol. The number of carbonyl (C=O) groups excluding carboxylic acids is 2. The average molecular weight is 504 g/mol. The summed E-state index contributed by atoms with van der Waals surface area (Å²) in [7, 11) is 1.66. The summed E-state index contributed by atoms with van der Waals surface area (Å²) in [5, 5.41) is -0.254. The number of amides is 2. The van der Waals surface area contributed by atoms with Gasteiger partial charge in [-0.25, -0.2) is 0 Å². The van der Waals surface area contributed by atoms with Crippen LogP contribution in [0.4, 0.5) is 4.79 Å². The van der Waals surface area contributed by atoms with E-state index in [4.69, 9.17) is 9.47 Å². The molecule has 4 bridgehead atoms. The van der Waals surface area contributed by atoms with Crippen LogP contribution < -0.4 is 9.47 Å². The van der Waals surface area contributed by atoms with E-state index in [1.807, 2.05) is 43.3 Å². The molecule has 188 valence electrons. The maximum Gasteiger partial charge on any atom is 0.293 e. The maximum absolute atomic E-state index is 13.1. The first kappa shape index (κ1) is 23.7. The summed E-state index contributed by atoms with van der Waals surface area (Å²) in [6.07, 6.45) is 9.90. The first-order valence-corrected chi connectivity index (χ1v) is 13.9. The van der Waals surface area contributed by atoms with Crippen molar-refractivity contribution >= 4 is 29.0 Å². The normalized spacial score (nSPS) is 29.9. The van der Waals surface area contributed by atoms with Crippen molar-refractivity contribution in [2.24, 2.45) is 17.8 Å². The molecule has 0 spiro atoms. The third-order valence-corrected chi connectivity index (χ3v) is 9.52. The zero-order valence-corrected chi connectivity index (χ0v) is 21.8. The van der Waals surface area contributed by atoms with Gasteiger partial charge in [0.2, 0.25) is 0 Å². The number of nitrogens with zero attached hydrogens (tertiary/aromatic N) is 1. The van der Waals surface area contributed by atoms with E-state index in [0.29, 0.717) is 4.91 Å². The van der Waals surface area contributed by atoms with Crippen molar-refractivity contribution < 1.29 is 19.1 Å². The van der Waals surface area contributed by atoms with Gasteiger partial charge in [0.25, 0.3) is 11.1 Å². The van der Waals surface area contributed by atoms with Gasteiger partial charge in [-0.15, -0.1) is 0 Å². The van der Waals surface area contributed by atoms with Crippen LogP contribution in [0, 0.1) is 24.7 Å². The Morgan fingerprint density at radius 3 is 2.42 bits per heavy atom. The summed E-state index contributed by atoms with van der Waals surface area (Å²) >= 11 is 0.997. The molecule has 5 fully saturated rings. The van der Waals surface area contributed by atoms with Crippen molar-refractivity contribution in [2.45, 2.75) is 50.9 Å². The van der Waals surface area contributed by atoms with Crippen LogP contribution >= 0.6 is 11.8 Å². The lowest BCUT2D eigenvalue weighted by Crippen LogP contribution is -2.48. The molecule has 5 aliphatic rings. The van der Waals surface area contributed by atoms with Gasteiger partial charge in [-0.3, -0.25) is 14.5 Å². The largest absolute Gasteiger partial charge is 0.496 e. The Morgan fingerprint density at radius 2 is 1.75 bits per heavy atom. The van der Waals surface area contributed by atoms with E-state index in [1.165, 1.54) is 49.0 Å². The number of hydrogen-bond donors (Lipinski definition) is 0. The molecule has 1 aliphatic heterocycles. The van der Waals surface area contributed by atoms with Gasteiger partial charge >= 0.3 is 0 Å². The lowest BCUT2D eigenvalue weighted by atomic mass is 9.48. The topological polar surface area (TPSA) is 55.8 Å². The molecule has 1 heterocycles. The van der Waals surface area contributed by atoms with Gasteiger partial charge < -0.3 is 9.47 Å². The second-order valence-electron chi connectivity index (χ2n) is 11.2. The van der Waals surface area contributed by atoms with Crippen LogP contribution in [-0.4, -0.2) is 36.3 Å². The van der Waals surface area contributed by atoms with Gasteiger partial charge in [0.1, 0.15) is 18.1 Å². The standard InChI is InChI=1S/C30H33NO4S/c1-19-4-3-5-25(10-19)35-9-8-31-28(32)27(36-29(31)33)15-23-14-24(6-7-26(23)34-2)30-16-20-11-21(17-30)13-22(12-20)18-30/h3-7,10,14-15,20-22H,8-9,11-13,16-18H2,1-2H3/b27-15-. The molecule has 4 saturated carbocycles. The Morgan fingerprint density at radius 1 is 1.03 bits per heavy atom. The number of hydrogen-bond acceptors (Lipinski definition) is 5. The SMILES string of the molecule is COc1ccc(C23CC4CC(CC(C4)C2)C3)cc1/C=C1\SC(=O)N(CCOc2cccc(C)c2)C1=O. The highest BCUT2D eigenvalue weighted by Crippen LogP contribution is 2.61. The van der Waals surface area contributed by atoms with Gasteiger partial charge in [-0.05, 0) is 122 Å². The van der Waals surface area contributed by atoms with Gasteiger partial charge in [-0.1, -0.05) is 18.2 Å². The minimum absolute atomic E-state index is 0.223. The van der Waals surface area contributed by atoms with Crippen molar-refractivity contribution in [3.8, 4) is 11.5 Å². The van der Waals surface area contributed by atoms with Gasteiger partial charge in [-0.2, -0.15) is 0 Å². The lowest BCUT2D eigenvalue weighted by molar-refractivity contribution is -0.123. The number of rotatable bonds is 7. The number of thioether (sulfide) groups is 1. The molecule has 4 aliphatic carbocycles. The van der Waals surface area contributed by atoms with Crippen LogP contribution in [0.1, 0.15) is 55.2 Å². The van der Waals surface area contributed by atoms with Crippen LogP contribution in [-0.2, 0) is 10.2 Å². The number of benzene rings is 2. The van der Waals surface area contributed by atoms with Crippen molar-refractivity contribution in [1.82, 2.24) is 4.90 Å². The van der Waals surface area contributed by atoms with Crippen LogP contribution in [0.25, 0.3) is 6.08 Å². The zero-order valence-electron chi connectivity index (χ0n) is 21.0. The van der Waals surface area contributed by atoms with Crippen molar-refractivity contribution in [2.75, 3.05) is 20.3 Å². The van der Waals surface area contributed by atoms with Gasteiger partial charge in [0, 0.05) is 5.56 Å². The third kappa shape index (κ3) is 4.34. The molecule has 1 saturated heterocycles. The number of methoxy groups -OCH3 is 1. The molecule has 0 radical (unpaired) electrons. The van der Waals surface area contributed by atoms with E-state index in [-0.39, 0.29) is 29.7 Å². The Bertz CT molecular complexity index is 1200. The molecule has 0 aromatic heterocycles. The fourth-order valence-corrected chi connectivity index (χ4v) is 8.29. The molecular formula is C30H33NO4S. The molecule has 2 aromatic rings. The third-order valence-electron chi connectivity index (χ3n) is 8.61. The molecule has 2 amide bonds. The quantitative estimate of drug-likeness (QED) is 0.399. The Labute approximate surface area is 217 Å². The predicted octanol–water partition coefficient (Wildman–Crippen LogP) is 6.59. The van der Waals surface area contributed by atoms with Crippen LogP contribution in [0.15, 0.2) is 47.4 Å². The summed E-state index contributed by atoms with van der Waals surface area (Å²) in [5.74, 6) is 3.79. The highest BCUT2D eigenvalue weighted by molar-refractivity contribution is 8.18. The second-order valence-corrected chi connectivity index (χ2v) is 12.1. The second kappa shape index (κ2) is 9.29. The molecule has 2 aromatic carbocycles. The molecule has 0 unspecified atom stereocenters. The fourth-order valence-electron chi connectivity index (χ4n) is 7.44. The van der Waals surface area contributed by atoms with E-state index < -0.39 is 0 Å². The van der Waals surface area contributed by atoms with Crippen molar-refractivity contribution in [3.63, 3.8) is 0 Å². The summed E-state index contributed by atoms with van der Waals surface area (Å²) in [4.78, 5) is 27.5. The Balaban J connectivity index is 1.21. The summed E-state index contributed by atoms with van der Waals surface area (Å²) < 4.78 is 11.4. The summed E-state index contributed by atoms with van der Waals surface area (Å²) in [5.41, 5.74) is 3.62. The van der Waals surface area contributed by atoms with Crippen LogP contribution in [0.3, 0.4) is 0 Å². The Hall–Kier alpha value is -2.73. The highest BCUT2D eigenvalue weighted by Gasteiger charge is 2.51. The minimum atomic E-state index is -0.264. The predicted molar refractivity (Wildman–Crippen MR) is 142 cm³/mol. The van der Waals surface area contributed by atoms with E-state index in [1.54, 1.807) is 7.11 Å². The number of aryl methyl sites for hydroxylation is 1. The molecular weight excluding hydrogens is 470 g/mol. The lowest BCUT2D eigenvalue weighted by Gasteiger charge is -2.57. The van der Waals surface area contributed by atoms with Gasteiger partial charge in [0.15, 0.2) is 0 Å². The minimum Gasteiger partial charge on any atom is -0.496 e. The fraction of sp³-hybridized carbons (Fsp3) is 0.467. The Kier molecular flexibility index (Phi) is 6.11. The highest BCUT2D eigenvalue weighted by atomic mass is 32.2. The van der Waals surface area contributed by atoms with Crippen LogP contribution in [0.2, 0.25) is 0 Å². The molecule has 0 atom stereocenters. The first-order chi connectivity index (χ1) is 17.4. The van der Waals surface area contributed by atoms with Gasteiger partial charge in [0.05, 0.1) is 18.6 Å². The molecule has 5 nitrogen and oxygen atoms in total. The molecule has 6 heteroatoms. The number of ether oxygens (including phenoxy) is 2. The van der Waals surface area contributed by atoms with Crippen molar-refractivity contribution in [1.29, 1.82) is 0 Å². The number of imide groups is 1. The van der Waals surface area contributed by atoms with E-state index in [2.05, 4.69) is 12.1 Å². The first-order valence-electron chi connectivity index (χ1n) is 13.1. The summed E-state index contributed by atoms with van der Waals surface area (Å²) in [6.45, 7) is 2.49. The van der Waals surface area contributed by atoms with E-state index in [9.17, 15) is 9.59 Å². The molecule has 0 N–H and O–H groups in total. The zero-order chi connectivity index (χ0) is 24.9. The molecule has 7 rings (SSSR count). The number of carbonyl (C=O) groups is 2. The maximum atomic E-state index is 13.1. The average Bonchev–Trinajstić information content (AvgIpc) is 3.10. The van der Waals surface area contributed by atoms with Crippen LogP contribution in [0.5, 0.6) is 11.5 Å². The smallest absolute Gasteiger partial charge is 0.293 e. The van der Waals surface area contributed by atoms with E-state index >= 15 is 0 Å². The van der Waals surface area contributed by atoms with E-state index in [0.717, 1.165) is 52.1 Å². The summed E-state index contributed by atoms with van der Waals surface area (Å²) in [6, 6.07) is 14.2. The van der Waals surface area contributed by atoms with Crippen molar-refractivity contribution in [3.05, 3.63) is 64.1 Å². The molecule has 36 heavy (non-hydrogen) atoms.